The van der Waals surface area contributed by atoms with E-state index in [1.54, 1.807) is 0 Å². The van der Waals surface area contributed by atoms with Gasteiger partial charge in [-0.1, -0.05) is 35.8 Å². The van der Waals surface area contributed by atoms with E-state index in [1.165, 1.54) is 5.46 Å². The fraction of sp³-hybridized carbons (Fsp3) is 0. The quantitative estimate of drug-likeness (QED) is 0.524. The molecule has 0 N–H and O–H groups in total. The molecule has 0 radical (unpaired) electrons. The lowest BCUT2D eigenvalue weighted by Gasteiger charge is -2.06. The number of hydrogen-bond acceptors (Lipinski definition) is 1. The van der Waals surface area contributed by atoms with Gasteiger partial charge in [-0.3, -0.25) is 0 Å². The van der Waals surface area contributed by atoms with Crippen molar-refractivity contribution in [2.24, 2.45) is 0 Å². The van der Waals surface area contributed by atoms with Gasteiger partial charge in [0.2, 0.25) is 0 Å². The van der Waals surface area contributed by atoms with E-state index < -0.39 is 0 Å². The van der Waals surface area contributed by atoms with Gasteiger partial charge in [0.05, 0.1) is 0 Å². The second-order valence-electron chi connectivity index (χ2n) is 3.28. The first kappa shape index (κ1) is 12.2. The highest BCUT2D eigenvalue weighted by molar-refractivity contribution is 14.3. The molecule has 0 spiro atoms. The van der Waals surface area contributed by atoms with Gasteiger partial charge in [-0.25, -0.2) is 0 Å². The molecule has 80 valence electrons. The van der Waals surface area contributed by atoms with E-state index in [0.29, 0.717) is 2.43 Å². The van der Waals surface area contributed by atoms with Crippen LogP contribution in [0.15, 0.2) is 54.6 Å². The summed E-state index contributed by atoms with van der Waals surface area (Å²) in [4.78, 5) is 0. The summed E-state index contributed by atoms with van der Waals surface area (Å²) in [6.45, 7) is 0. The number of halogens is 2. The Morgan fingerprint density at radius 2 is 1.31 bits per heavy atom. The smallest absolute Gasteiger partial charge is 0.320 e. The van der Waals surface area contributed by atoms with Crippen LogP contribution in [0, 0.1) is 0 Å². The van der Waals surface area contributed by atoms with Crippen LogP contribution in [-0.2, 0) is 0 Å². The van der Waals surface area contributed by atoms with Gasteiger partial charge in [0.15, 0.2) is 0 Å². The zero-order valence-corrected chi connectivity index (χ0v) is 12.8. The van der Waals surface area contributed by atoms with Crippen LogP contribution < -0.4 is 10.2 Å². The Morgan fingerprint density at radius 1 is 0.750 bits per heavy atom. The molecule has 0 saturated carbocycles. The third-order valence-electron chi connectivity index (χ3n) is 2.11. The first-order chi connectivity index (χ1) is 7.75. The Labute approximate surface area is 122 Å². The van der Waals surface area contributed by atoms with Gasteiger partial charge < -0.3 is 4.74 Å². The van der Waals surface area contributed by atoms with E-state index in [4.69, 9.17) is 4.74 Å². The Bertz CT molecular complexity index is 442. The fourth-order valence-corrected chi connectivity index (χ4v) is 2.14. The van der Waals surface area contributed by atoms with Crippen molar-refractivity contribution in [2.45, 2.75) is 0 Å². The summed E-state index contributed by atoms with van der Waals surface area (Å²) in [7, 11) is 0. The Balaban J connectivity index is 2.11. The highest BCUT2D eigenvalue weighted by Gasteiger charge is 2.06. The van der Waals surface area contributed by atoms with Crippen LogP contribution in [0.2, 0.25) is 0 Å². The lowest BCUT2D eigenvalue weighted by molar-refractivity contribution is 0.483. The molecule has 16 heavy (non-hydrogen) atoms. The van der Waals surface area contributed by atoms with E-state index >= 15 is 0 Å². The van der Waals surface area contributed by atoms with Crippen molar-refractivity contribution in [3.8, 4) is 11.5 Å². The highest BCUT2D eigenvalue weighted by atomic mass is 127. The molecule has 4 heteroatoms. The molecule has 0 aliphatic carbocycles. The van der Waals surface area contributed by atoms with Crippen molar-refractivity contribution in [3.05, 3.63) is 54.6 Å². The molecule has 2 aromatic rings. The molecule has 0 aromatic heterocycles. The van der Waals surface area contributed by atoms with Crippen molar-refractivity contribution in [1.29, 1.82) is 0 Å². The SMILES string of the molecule is IB(I)c1ccc(Oc2ccccc2)cc1. The van der Waals surface area contributed by atoms with Gasteiger partial charge in [0.25, 0.3) is 0 Å². The average molecular weight is 434 g/mol. The molecular weight excluding hydrogens is 425 g/mol. The second-order valence-corrected chi connectivity index (χ2v) is 8.16. The lowest BCUT2D eigenvalue weighted by Crippen LogP contribution is -2.15. The minimum Gasteiger partial charge on any atom is -0.457 e. The minimum absolute atomic E-state index is 0.501. The predicted octanol–water partition coefficient (Wildman–Crippen LogP) is 4.04. The first-order valence-corrected chi connectivity index (χ1v) is 7.36. The average Bonchev–Trinajstić information content (AvgIpc) is 2.31. The Kier molecular flexibility index (Phi) is 4.51. The third-order valence-corrected chi connectivity index (χ3v) is 3.55. The van der Waals surface area contributed by atoms with Gasteiger partial charge in [-0.2, -0.15) is 0 Å². The predicted molar refractivity (Wildman–Crippen MR) is 86.4 cm³/mol. The summed E-state index contributed by atoms with van der Waals surface area (Å²) in [5, 5.41) is 0. The second kappa shape index (κ2) is 5.91. The number of para-hydroxylation sites is 1. The van der Waals surface area contributed by atoms with Crippen molar-refractivity contribution < 1.29 is 4.74 Å². The minimum atomic E-state index is 0.501. The maximum atomic E-state index is 5.71. The topological polar surface area (TPSA) is 9.23 Å². The zero-order chi connectivity index (χ0) is 11.4. The molecule has 0 bridgehead atoms. The van der Waals surface area contributed by atoms with Crippen molar-refractivity contribution in [3.63, 3.8) is 0 Å². The number of ether oxygens (including phenoxy) is 1. The normalized spacial score (nSPS) is 9.88. The largest absolute Gasteiger partial charge is 0.457 e. The van der Waals surface area contributed by atoms with Crippen LogP contribution in [0.1, 0.15) is 0 Å². The van der Waals surface area contributed by atoms with E-state index in [1.807, 2.05) is 42.5 Å². The summed E-state index contributed by atoms with van der Waals surface area (Å²) < 4.78 is 6.21. The van der Waals surface area contributed by atoms with Crippen LogP contribution in [0.4, 0.5) is 0 Å². The summed E-state index contributed by atoms with van der Waals surface area (Å²) >= 11 is 4.78. The molecule has 0 fully saturated rings. The molecule has 2 aromatic carbocycles. The number of rotatable bonds is 3. The van der Waals surface area contributed by atoms with E-state index in [9.17, 15) is 0 Å². The van der Waals surface area contributed by atoms with E-state index in [-0.39, 0.29) is 0 Å². The molecule has 2 rings (SSSR count). The van der Waals surface area contributed by atoms with Crippen molar-refractivity contribution >= 4 is 52.6 Å². The number of benzene rings is 2. The Hall–Kier alpha value is -0.235. The third kappa shape index (κ3) is 3.38. The molecule has 0 atom stereocenters. The van der Waals surface area contributed by atoms with Gasteiger partial charge in [0.1, 0.15) is 11.5 Å². The Morgan fingerprint density at radius 3 is 1.88 bits per heavy atom. The fourth-order valence-electron chi connectivity index (χ4n) is 1.31. The molecule has 0 aliphatic rings. The number of hydrogen-bond donors (Lipinski definition) is 0. The molecule has 0 heterocycles. The van der Waals surface area contributed by atoms with Crippen molar-refractivity contribution in [2.75, 3.05) is 0 Å². The van der Waals surface area contributed by atoms with Crippen LogP contribution >= 0.6 is 44.7 Å². The maximum Gasteiger partial charge on any atom is 0.320 e. The first-order valence-electron chi connectivity index (χ1n) is 4.87. The highest BCUT2D eigenvalue weighted by Crippen LogP contribution is 2.20. The van der Waals surface area contributed by atoms with Crippen molar-refractivity contribution in [1.82, 2.24) is 0 Å². The summed E-state index contributed by atoms with van der Waals surface area (Å²) in [5.74, 6) is 1.75. The van der Waals surface area contributed by atoms with Crippen LogP contribution in [0.5, 0.6) is 11.5 Å². The standard InChI is InChI=1S/C12H9BI2O/c14-13(15)10-6-8-12(9-7-10)16-11-4-2-1-3-5-11/h1-9H. The van der Waals surface area contributed by atoms with Gasteiger partial charge in [0, 0.05) is 0 Å². The zero-order valence-electron chi connectivity index (χ0n) is 8.44. The maximum absolute atomic E-state index is 5.71. The van der Waals surface area contributed by atoms with Gasteiger partial charge in [-0.15, -0.1) is 44.7 Å². The molecule has 0 unspecified atom stereocenters. The van der Waals surface area contributed by atoms with Crippen LogP contribution in [0.25, 0.3) is 0 Å². The van der Waals surface area contributed by atoms with E-state index in [0.717, 1.165) is 11.5 Å². The molecule has 0 aliphatic heterocycles. The summed E-state index contributed by atoms with van der Waals surface area (Å²) in [5.41, 5.74) is 1.31. The summed E-state index contributed by atoms with van der Waals surface area (Å²) in [6, 6.07) is 18.0. The molecular formula is C12H9BI2O. The van der Waals surface area contributed by atoms with E-state index in [2.05, 4.69) is 56.9 Å². The molecule has 1 nitrogen and oxygen atoms in total. The van der Waals surface area contributed by atoms with Crippen LogP contribution in [0.3, 0.4) is 0 Å². The summed E-state index contributed by atoms with van der Waals surface area (Å²) in [6.07, 6.45) is 0. The lowest BCUT2D eigenvalue weighted by atomic mass is 9.96. The monoisotopic (exact) mass is 434 g/mol. The van der Waals surface area contributed by atoms with Gasteiger partial charge in [-0.05, 0) is 24.3 Å². The molecule has 0 saturated heterocycles. The van der Waals surface area contributed by atoms with Gasteiger partial charge >= 0.3 is 2.43 Å². The molecule has 0 amide bonds. The van der Waals surface area contributed by atoms with Crippen LogP contribution in [-0.4, -0.2) is 2.43 Å².